The molecule has 3 aromatic rings. The van der Waals surface area contributed by atoms with Gasteiger partial charge in [-0.2, -0.15) is 0 Å². The van der Waals surface area contributed by atoms with Gasteiger partial charge >= 0.3 is 0 Å². The van der Waals surface area contributed by atoms with Crippen molar-refractivity contribution < 1.29 is 19.3 Å². The fourth-order valence-electron chi connectivity index (χ4n) is 6.60. The van der Waals surface area contributed by atoms with Gasteiger partial charge in [-0.3, -0.25) is 24.5 Å². The molecule has 3 aliphatic rings. The molecular weight excluding hydrogens is 516 g/mol. The van der Waals surface area contributed by atoms with Crippen LogP contribution in [-0.4, -0.2) is 34.4 Å². The summed E-state index contributed by atoms with van der Waals surface area (Å²) in [5.74, 6) is -1.90. The van der Waals surface area contributed by atoms with Crippen LogP contribution >= 0.6 is 11.6 Å². The molecule has 1 fully saturated rings. The number of nitro groups is 1. The maximum absolute atomic E-state index is 14.5. The van der Waals surface area contributed by atoms with Gasteiger partial charge in [0.25, 0.3) is 5.69 Å². The van der Waals surface area contributed by atoms with Gasteiger partial charge < -0.3 is 4.90 Å². The number of hydrogen-bond acceptors (Lipinski definition) is 6. The lowest BCUT2D eigenvalue weighted by Gasteiger charge is -2.38. The molecular formula is C31H25ClN2O5. The van der Waals surface area contributed by atoms with Crippen molar-refractivity contribution in [3.8, 4) is 0 Å². The summed E-state index contributed by atoms with van der Waals surface area (Å²) in [7, 11) is 0. The van der Waals surface area contributed by atoms with E-state index < -0.39 is 33.8 Å². The van der Waals surface area contributed by atoms with Crippen LogP contribution in [0.15, 0.2) is 72.8 Å². The van der Waals surface area contributed by atoms with Gasteiger partial charge in [0.1, 0.15) is 5.41 Å². The van der Waals surface area contributed by atoms with Gasteiger partial charge in [0.05, 0.1) is 17.0 Å². The van der Waals surface area contributed by atoms with Crippen LogP contribution in [-0.2, 0) is 4.79 Å². The first-order valence-electron chi connectivity index (χ1n) is 12.7. The molecule has 2 heterocycles. The molecule has 8 heteroatoms. The van der Waals surface area contributed by atoms with E-state index in [1.54, 1.807) is 75.4 Å². The third kappa shape index (κ3) is 3.39. The van der Waals surface area contributed by atoms with E-state index in [1.165, 1.54) is 18.2 Å². The number of hydrogen-bond donors (Lipinski definition) is 0. The molecule has 0 amide bonds. The van der Waals surface area contributed by atoms with E-state index in [1.807, 2.05) is 11.0 Å². The van der Waals surface area contributed by atoms with Crippen LogP contribution < -0.4 is 4.90 Å². The Bertz CT molecular complexity index is 1600. The Kier molecular flexibility index (Phi) is 5.46. The molecule has 1 unspecified atom stereocenters. The summed E-state index contributed by atoms with van der Waals surface area (Å²) in [4.78, 5) is 56.6. The number of nitrogens with zero attached hydrogens (tertiary/aromatic N) is 2. The molecule has 2 aliphatic heterocycles. The number of non-ortho nitro benzene ring substituents is 1. The molecule has 39 heavy (non-hydrogen) atoms. The van der Waals surface area contributed by atoms with Gasteiger partial charge in [0, 0.05) is 45.3 Å². The number of anilines is 1. The van der Waals surface area contributed by atoms with Crippen LogP contribution in [0.5, 0.6) is 0 Å². The van der Waals surface area contributed by atoms with Crippen LogP contribution in [0.2, 0.25) is 5.02 Å². The molecule has 1 saturated heterocycles. The van der Waals surface area contributed by atoms with Gasteiger partial charge in [0.15, 0.2) is 17.3 Å². The highest BCUT2D eigenvalue weighted by Crippen LogP contribution is 2.61. The highest BCUT2D eigenvalue weighted by atomic mass is 35.5. The van der Waals surface area contributed by atoms with E-state index in [4.69, 9.17) is 11.6 Å². The molecule has 7 nitrogen and oxygen atoms in total. The number of fused-ring (bicyclic) bond motifs is 5. The minimum Gasteiger partial charge on any atom is -0.352 e. The second-order valence-corrected chi connectivity index (χ2v) is 11.8. The third-order valence-corrected chi connectivity index (χ3v) is 8.45. The Labute approximate surface area is 230 Å². The van der Waals surface area contributed by atoms with Crippen LogP contribution in [0, 0.1) is 20.9 Å². The first-order valence-corrected chi connectivity index (χ1v) is 13.1. The van der Waals surface area contributed by atoms with Gasteiger partial charge in [-0.15, -0.1) is 0 Å². The first-order chi connectivity index (χ1) is 18.5. The van der Waals surface area contributed by atoms with Gasteiger partial charge in [-0.1, -0.05) is 80.9 Å². The monoisotopic (exact) mass is 540 g/mol. The number of rotatable bonds is 3. The Balaban J connectivity index is 1.71. The summed E-state index contributed by atoms with van der Waals surface area (Å²) in [5.41, 5.74) is -0.265. The molecule has 3 atom stereocenters. The van der Waals surface area contributed by atoms with E-state index in [0.29, 0.717) is 27.4 Å². The zero-order valence-corrected chi connectivity index (χ0v) is 22.3. The number of carbonyl (C=O) groups is 3. The molecule has 1 aliphatic carbocycles. The van der Waals surface area contributed by atoms with E-state index in [0.717, 1.165) is 5.56 Å². The number of Topliss-reactive ketones (excluding diaryl/α,β-unsaturated/α-hetero) is 3. The molecule has 1 spiro atoms. The quantitative estimate of drug-likeness (QED) is 0.220. The standard InChI is InChI=1S/C31H25ClN2O5/c1-30(2,3)29(37)26-25(18-7-6-8-20(16-18)34(38)39)31(27(35)21-9-4-5-10-22(21)28(31)36)24-14-11-17-15-19(32)12-13-23(17)33(24)26/h4-16,24-26H,1-3H3/t24?,25-,26+/m0/s1. The zero-order chi connectivity index (χ0) is 27.9. The second-order valence-electron chi connectivity index (χ2n) is 11.4. The number of nitro benzene ring substituents is 1. The van der Waals surface area contributed by atoms with E-state index >= 15 is 0 Å². The van der Waals surface area contributed by atoms with E-state index in [-0.39, 0.29) is 23.0 Å². The number of benzene rings is 3. The summed E-state index contributed by atoms with van der Waals surface area (Å²) >= 11 is 6.30. The van der Waals surface area contributed by atoms with Crippen molar-refractivity contribution in [3.05, 3.63) is 110 Å². The highest BCUT2D eigenvalue weighted by molar-refractivity contribution is 6.32. The van der Waals surface area contributed by atoms with Crippen molar-refractivity contribution in [2.45, 2.75) is 38.8 Å². The average molecular weight is 541 g/mol. The Morgan fingerprint density at radius 3 is 2.26 bits per heavy atom. The number of ketones is 3. The SMILES string of the molecule is CC(C)(C)C(=O)[C@H]1[C@H](c2cccc([N+](=O)[O-])c2)C2(C(=O)c3ccccc3C2=O)C2C=Cc3cc(Cl)ccc3N21. The minimum atomic E-state index is -1.70. The Morgan fingerprint density at radius 1 is 0.974 bits per heavy atom. The van der Waals surface area contributed by atoms with Crippen LogP contribution in [0.4, 0.5) is 11.4 Å². The van der Waals surface area contributed by atoms with Crippen molar-refractivity contribution in [1.82, 2.24) is 0 Å². The lowest BCUT2D eigenvalue weighted by molar-refractivity contribution is -0.384. The highest BCUT2D eigenvalue weighted by Gasteiger charge is 2.72. The molecule has 3 aromatic carbocycles. The van der Waals surface area contributed by atoms with E-state index in [9.17, 15) is 24.5 Å². The van der Waals surface area contributed by atoms with Crippen molar-refractivity contribution in [1.29, 1.82) is 0 Å². The molecule has 0 bridgehead atoms. The van der Waals surface area contributed by atoms with Crippen molar-refractivity contribution >= 4 is 46.4 Å². The largest absolute Gasteiger partial charge is 0.352 e. The normalized spacial score (nSPS) is 22.6. The summed E-state index contributed by atoms with van der Waals surface area (Å²) < 4.78 is 0. The van der Waals surface area contributed by atoms with Crippen LogP contribution in [0.25, 0.3) is 6.08 Å². The fourth-order valence-corrected chi connectivity index (χ4v) is 6.78. The predicted molar refractivity (Wildman–Crippen MR) is 148 cm³/mol. The summed E-state index contributed by atoms with van der Waals surface area (Å²) in [6.45, 7) is 5.40. The molecule has 6 rings (SSSR count). The topological polar surface area (TPSA) is 97.6 Å². The summed E-state index contributed by atoms with van der Waals surface area (Å²) in [6.07, 6.45) is 3.64. The maximum Gasteiger partial charge on any atom is 0.269 e. The lowest BCUT2D eigenvalue weighted by Crippen LogP contribution is -2.49. The molecule has 0 aromatic heterocycles. The summed E-state index contributed by atoms with van der Waals surface area (Å²) in [5, 5.41) is 12.3. The molecule has 0 radical (unpaired) electrons. The number of carbonyl (C=O) groups excluding carboxylic acids is 3. The smallest absolute Gasteiger partial charge is 0.269 e. The molecule has 0 saturated carbocycles. The lowest BCUT2D eigenvalue weighted by atomic mass is 9.63. The van der Waals surface area contributed by atoms with Gasteiger partial charge in [-0.25, -0.2) is 0 Å². The van der Waals surface area contributed by atoms with Gasteiger partial charge in [-0.05, 0) is 29.3 Å². The average Bonchev–Trinajstić information content (AvgIpc) is 3.33. The second kappa shape index (κ2) is 8.45. The number of halogens is 1. The third-order valence-electron chi connectivity index (χ3n) is 8.21. The Morgan fingerprint density at radius 2 is 1.64 bits per heavy atom. The molecule has 0 N–H and O–H groups in total. The van der Waals surface area contributed by atoms with E-state index in [2.05, 4.69) is 0 Å². The fraction of sp³-hybridized carbons (Fsp3) is 0.258. The zero-order valence-electron chi connectivity index (χ0n) is 21.6. The maximum atomic E-state index is 14.5. The van der Waals surface area contributed by atoms with Crippen molar-refractivity contribution in [2.75, 3.05) is 4.90 Å². The van der Waals surface area contributed by atoms with Gasteiger partial charge in [0.2, 0.25) is 0 Å². The molecule has 196 valence electrons. The van der Waals surface area contributed by atoms with Crippen molar-refractivity contribution in [2.24, 2.45) is 10.8 Å². The van der Waals surface area contributed by atoms with Crippen LogP contribution in [0.3, 0.4) is 0 Å². The van der Waals surface area contributed by atoms with Crippen LogP contribution in [0.1, 0.15) is 58.5 Å². The predicted octanol–water partition coefficient (Wildman–Crippen LogP) is 6.30. The Hall–Kier alpha value is -4.10. The van der Waals surface area contributed by atoms with Crippen molar-refractivity contribution in [3.63, 3.8) is 0 Å². The summed E-state index contributed by atoms with van der Waals surface area (Å²) in [6, 6.07) is 16.2. The minimum absolute atomic E-state index is 0.173. The first kappa shape index (κ1) is 25.2.